The van der Waals surface area contributed by atoms with Crippen molar-refractivity contribution in [2.75, 3.05) is 18.2 Å². The highest BCUT2D eigenvalue weighted by molar-refractivity contribution is 7.98. The predicted molar refractivity (Wildman–Crippen MR) is 73.5 cm³/mol. The van der Waals surface area contributed by atoms with Gasteiger partial charge in [-0.3, -0.25) is 0 Å². The quantitative estimate of drug-likeness (QED) is 0.591. The van der Waals surface area contributed by atoms with Crippen molar-refractivity contribution in [3.05, 3.63) is 24.3 Å². The molecule has 2 amide bonds. The van der Waals surface area contributed by atoms with E-state index in [1.807, 2.05) is 18.4 Å². The molecule has 7 heteroatoms. The van der Waals surface area contributed by atoms with Crippen molar-refractivity contribution >= 4 is 29.4 Å². The number of amides is 2. The van der Waals surface area contributed by atoms with Gasteiger partial charge in [0.05, 0.1) is 0 Å². The minimum atomic E-state index is -1.18. The lowest BCUT2D eigenvalue weighted by molar-refractivity contribution is -0.139. The van der Waals surface area contributed by atoms with E-state index in [2.05, 4.69) is 10.6 Å². The number of aliphatic hydroxyl groups is 1. The molecule has 19 heavy (non-hydrogen) atoms. The van der Waals surface area contributed by atoms with Gasteiger partial charge in [0.2, 0.25) is 0 Å². The van der Waals surface area contributed by atoms with Crippen LogP contribution in [0.1, 0.15) is 6.42 Å². The van der Waals surface area contributed by atoms with Crippen LogP contribution in [-0.2, 0) is 4.79 Å². The second-order valence-corrected chi connectivity index (χ2v) is 4.61. The average Bonchev–Trinajstić information content (AvgIpc) is 2.39. The number of hydrogen-bond acceptors (Lipinski definition) is 4. The first-order valence-electron chi connectivity index (χ1n) is 5.62. The lowest BCUT2D eigenvalue weighted by Gasteiger charge is -2.14. The number of nitrogens with one attached hydrogen (secondary N) is 2. The minimum Gasteiger partial charge on any atom is -0.480 e. The highest BCUT2D eigenvalue weighted by Crippen LogP contribution is 2.17. The molecular formula is C12H16N2O4S. The fourth-order valence-electron chi connectivity index (χ4n) is 1.39. The Bertz CT molecular complexity index is 436. The molecule has 0 aliphatic carbocycles. The Morgan fingerprint density at radius 3 is 2.42 bits per heavy atom. The second-order valence-electron chi connectivity index (χ2n) is 3.73. The first-order chi connectivity index (χ1) is 9.06. The zero-order valence-electron chi connectivity index (χ0n) is 10.4. The molecule has 0 saturated heterocycles. The van der Waals surface area contributed by atoms with Gasteiger partial charge >= 0.3 is 12.0 Å². The van der Waals surface area contributed by atoms with Crippen LogP contribution in [-0.4, -0.2) is 41.1 Å². The van der Waals surface area contributed by atoms with E-state index < -0.39 is 18.0 Å². The maximum Gasteiger partial charge on any atom is 0.326 e. The lowest BCUT2D eigenvalue weighted by Crippen LogP contribution is -2.43. The summed E-state index contributed by atoms with van der Waals surface area (Å²) in [6.07, 6.45) is 1.91. The Hall–Kier alpha value is -1.73. The molecule has 1 aromatic carbocycles. The van der Waals surface area contributed by atoms with Gasteiger partial charge in [-0.05, 0) is 30.5 Å². The number of carboxylic acid groups (broad SMARTS) is 1. The van der Waals surface area contributed by atoms with Crippen molar-refractivity contribution in [3.8, 4) is 0 Å². The van der Waals surface area contributed by atoms with Crippen LogP contribution < -0.4 is 10.6 Å². The fraction of sp³-hybridized carbons (Fsp3) is 0.333. The van der Waals surface area contributed by atoms with Crippen LogP contribution in [0.5, 0.6) is 0 Å². The molecule has 0 bridgehead atoms. The third kappa shape index (κ3) is 5.19. The van der Waals surface area contributed by atoms with Crippen molar-refractivity contribution in [2.45, 2.75) is 17.4 Å². The average molecular weight is 284 g/mol. The third-order valence-corrected chi connectivity index (χ3v) is 3.11. The normalized spacial score (nSPS) is 11.7. The van der Waals surface area contributed by atoms with Crippen molar-refractivity contribution in [1.29, 1.82) is 0 Å². The Morgan fingerprint density at radius 1 is 1.32 bits per heavy atom. The summed E-state index contributed by atoms with van der Waals surface area (Å²) in [5, 5.41) is 22.4. The monoisotopic (exact) mass is 284 g/mol. The maximum atomic E-state index is 11.6. The van der Waals surface area contributed by atoms with E-state index in [-0.39, 0.29) is 13.0 Å². The van der Waals surface area contributed by atoms with Crippen molar-refractivity contribution in [3.63, 3.8) is 0 Å². The van der Waals surface area contributed by atoms with Gasteiger partial charge < -0.3 is 20.8 Å². The number of thioether (sulfide) groups is 1. The van der Waals surface area contributed by atoms with Gasteiger partial charge in [-0.2, -0.15) is 0 Å². The molecule has 0 aliphatic rings. The van der Waals surface area contributed by atoms with Crippen LogP contribution in [0.15, 0.2) is 29.2 Å². The number of anilines is 1. The Kier molecular flexibility index (Phi) is 6.17. The number of urea groups is 1. The van der Waals surface area contributed by atoms with Gasteiger partial charge in [-0.1, -0.05) is 0 Å². The number of carbonyl (C=O) groups is 2. The van der Waals surface area contributed by atoms with Gasteiger partial charge in [0.1, 0.15) is 6.04 Å². The number of hydrogen-bond donors (Lipinski definition) is 4. The zero-order valence-corrected chi connectivity index (χ0v) is 11.2. The molecule has 0 heterocycles. The Labute approximate surface area is 115 Å². The summed E-state index contributed by atoms with van der Waals surface area (Å²) in [5.74, 6) is -1.18. The standard InChI is InChI=1S/C12H16N2O4S/c1-19-9-4-2-8(3-5-9)13-12(18)14-10(6-7-15)11(16)17/h2-5,10,15H,6-7H2,1H3,(H,16,17)(H2,13,14,18)/t10-/m0/s1. The van der Waals surface area contributed by atoms with E-state index in [4.69, 9.17) is 10.2 Å². The molecule has 4 N–H and O–H groups in total. The van der Waals surface area contributed by atoms with Crippen LogP contribution >= 0.6 is 11.8 Å². The van der Waals surface area contributed by atoms with Crippen molar-refractivity contribution in [2.24, 2.45) is 0 Å². The van der Waals surface area contributed by atoms with E-state index in [0.29, 0.717) is 5.69 Å². The van der Waals surface area contributed by atoms with Crippen LogP contribution in [0.25, 0.3) is 0 Å². The summed E-state index contributed by atoms with van der Waals surface area (Å²) in [6.45, 7) is -0.306. The zero-order chi connectivity index (χ0) is 14.3. The number of rotatable bonds is 6. The van der Waals surface area contributed by atoms with Crippen LogP contribution in [0.4, 0.5) is 10.5 Å². The SMILES string of the molecule is CSc1ccc(NC(=O)N[C@@H](CCO)C(=O)O)cc1. The first kappa shape index (κ1) is 15.3. The lowest BCUT2D eigenvalue weighted by atomic mass is 10.2. The maximum absolute atomic E-state index is 11.6. The Balaban J connectivity index is 2.55. The molecule has 0 unspecified atom stereocenters. The van der Waals surface area contributed by atoms with Gasteiger partial charge in [-0.15, -0.1) is 11.8 Å². The van der Waals surface area contributed by atoms with Gasteiger partial charge in [-0.25, -0.2) is 9.59 Å². The first-order valence-corrected chi connectivity index (χ1v) is 6.84. The van der Waals surface area contributed by atoms with Gasteiger partial charge in [0, 0.05) is 23.6 Å². The summed E-state index contributed by atoms with van der Waals surface area (Å²) < 4.78 is 0. The molecule has 0 aliphatic heterocycles. The second kappa shape index (κ2) is 7.65. The van der Waals surface area contributed by atoms with E-state index in [0.717, 1.165) is 4.90 Å². The minimum absolute atomic E-state index is 0.0336. The molecule has 1 atom stereocenters. The molecule has 104 valence electrons. The molecule has 0 fully saturated rings. The number of aliphatic carboxylic acids is 1. The summed E-state index contributed by atoms with van der Waals surface area (Å²) in [7, 11) is 0. The fourth-order valence-corrected chi connectivity index (χ4v) is 1.79. The molecule has 0 saturated carbocycles. The topological polar surface area (TPSA) is 98.7 Å². The molecule has 1 aromatic rings. The largest absolute Gasteiger partial charge is 0.480 e. The number of carboxylic acids is 1. The molecule has 0 aromatic heterocycles. The smallest absolute Gasteiger partial charge is 0.326 e. The van der Waals surface area contributed by atoms with E-state index in [9.17, 15) is 9.59 Å². The molecule has 6 nitrogen and oxygen atoms in total. The Morgan fingerprint density at radius 2 is 1.95 bits per heavy atom. The number of aliphatic hydroxyl groups excluding tert-OH is 1. The van der Waals surface area contributed by atoms with Crippen molar-refractivity contribution < 1.29 is 19.8 Å². The molecule has 0 spiro atoms. The van der Waals surface area contributed by atoms with E-state index in [1.165, 1.54) is 0 Å². The van der Waals surface area contributed by atoms with Crippen LogP contribution in [0.2, 0.25) is 0 Å². The van der Waals surface area contributed by atoms with Crippen LogP contribution in [0, 0.1) is 0 Å². The summed E-state index contributed by atoms with van der Waals surface area (Å²) >= 11 is 1.58. The third-order valence-electron chi connectivity index (χ3n) is 2.37. The summed E-state index contributed by atoms with van der Waals surface area (Å²) in [5.41, 5.74) is 0.573. The highest BCUT2D eigenvalue weighted by Gasteiger charge is 2.18. The molecular weight excluding hydrogens is 268 g/mol. The number of carbonyl (C=O) groups excluding carboxylic acids is 1. The van der Waals surface area contributed by atoms with Gasteiger partial charge in [0.25, 0.3) is 0 Å². The van der Waals surface area contributed by atoms with Gasteiger partial charge in [0.15, 0.2) is 0 Å². The van der Waals surface area contributed by atoms with Crippen molar-refractivity contribution in [1.82, 2.24) is 5.32 Å². The predicted octanol–water partition coefficient (Wildman–Crippen LogP) is 1.37. The van der Waals surface area contributed by atoms with E-state index >= 15 is 0 Å². The molecule has 1 rings (SSSR count). The summed E-state index contributed by atoms with van der Waals surface area (Å²) in [6, 6.07) is 5.44. The van der Waals surface area contributed by atoms with E-state index in [1.54, 1.807) is 23.9 Å². The van der Waals surface area contributed by atoms with Crippen LogP contribution in [0.3, 0.4) is 0 Å². The highest BCUT2D eigenvalue weighted by atomic mass is 32.2. The number of benzene rings is 1. The summed E-state index contributed by atoms with van der Waals surface area (Å²) in [4.78, 5) is 23.5. The molecule has 0 radical (unpaired) electrons.